The van der Waals surface area contributed by atoms with E-state index in [1.165, 1.54) is 6.26 Å². The highest BCUT2D eigenvalue weighted by molar-refractivity contribution is 6.39. The van der Waals surface area contributed by atoms with Crippen LogP contribution in [0.4, 0.5) is 0 Å². The Labute approximate surface area is 132 Å². The molecule has 21 heavy (non-hydrogen) atoms. The Kier molecular flexibility index (Phi) is 5.28. The molecule has 0 fully saturated rings. The van der Waals surface area contributed by atoms with Crippen LogP contribution in [0.15, 0.2) is 41.0 Å². The van der Waals surface area contributed by atoms with Crippen molar-refractivity contribution >= 4 is 29.1 Å². The smallest absolute Gasteiger partial charge is 0.254 e. The van der Waals surface area contributed by atoms with Gasteiger partial charge in [0.1, 0.15) is 11.9 Å². The van der Waals surface area contributed by atoms with E-state index in [1.54, 1.807) is 37.3 Å². The number of hydrogen-bond donors (Lipinski definition) is 2. The van der Waals surface area contributed by atoms with Crippen LogP contribution in [0.2, 0.25) is 10.0 Å². The van der Waals surface area contributed by atoms with E-state index in [1.807, 2.05) is 0 Å². The maximum absolute atomic E-state index is 12.2. The van der Waals surface area contributed by atoms with Crippen molar-refractivity contribution in [3.63, 3.8) is 0 Å². The van der Waals surface area contributed by atoms with Crippen molar-refractivity contribution in [3.8, 4) is 0 Å². The lowest BCUT2D eigenvalue weighted by molar-refractivity contribution is 0.0903. The van der Waals surface area contributed by atoms with Crippen LogP contribution < -0.4 is 5.32 Å². The number of carbonyl (C=O) groups excluding carboxylic acids is 1. The molecule has 1 amide bonds. The summed E-state index contributed by atoms with van der Waals surface area (Å²) in [5.74, 6) is 0.0941. The average Bonchev–Trinajstić information content (AvgIpc) is 2.91. The zero-order valence-electron chi connectivity index (χ0n) is 11.3. The summed E-state index contributed by atoms with van der Waals surface area (Å²) >= 11 is 12.0. The van der Waals surface area contributed by atoms with Gasteiger partial charge in [-0.15, -0.1) is 0 Å². The molecule has 1 aromatic carbocycles. The molecule has 1 aromatic heterocycles. The summed E-state index contributed by atoms with van der Waals surface area (Å²) in [7, 11) is 0. The van der Waals surface area contributed by atoms with E-state index in [4.69, 9.17) is 27.6 Å². The summed E-state index contributed by atoms with van der Waals surface area (Å²) in [6, 6.07) is 7.99. The minimum Gasteiger partial charge on any atom is -0.467 e. The van der Waals surface area contributed by atoms with Gasteiger partial charge in [0, 0.05) is 12.5 Å². The molecule has 0 saturated heterocycles. The van der Waals surface area contributed by atoms with Crippen LogP contribution >= 0.6 is 23.2 Å². The Morgan fingerprint density at radius 3 is 2.52 bits per heavy atom. The van der Waals surface area contributed by atoms with Gasteiger partial charge in [-0.05, 0) is 31.2 Å². The molecule has 4 nitrogen and oxygen atoms in total. The lowest BCUT2D eigenvalue weighted by Gasteiger charge is -2.17. The van der Waals surface area contributed by atoms with Gasteiger partial charge in [0.05, 0.1) is 21.9 Å². The van der Waals surface area contributed by atoms with Gasteiger partial charge in [0.25, 0.3) is 5.91 Å². The van der Waals surface area contributed by atoms with Gasteiger partial charge in [-0.2, -0.15) is 0 Å². The first-order valence-electron chi connectivity index (χ1n) is 6.45. The van der Waals surface area contributed by atoms with Gasteiger partial charge in [0.15, 0.2) is 0 Å². The number of benzene rings is 1. The fraction of sp³-hybridized carbons (Fsp3) is 0.267. The highest BCUT2D eigenvalue weighted by Crippen LogP contribution is 2.25. The Hall–Kier alpha value is -1.49. The molecule has 2 rings (SSSR count). The number of rotatable bonds is 5. The van der Waals surface area contributed by atoms with E-state index in [0.29, 0.717) is 22.2 Å². The number of hydrogen-bond acceptors (Lipinski definition) is 3. The van der Waals surface area contributed by atoms with E-state index in [2.05, 4.69) is 5.32 Å². The molecule has 0 bridgehead atoms. The molecule has 2 unspecified atom stereocenters. The topological polar surface area (TPSA) is 62.5 Å². The number of halogens is 2. The number of aliphatic hydroxyl groups is 1. The molecule has 6 heteroatoms. The summed E-state index contributed by atoms with van der Waals surface area (Å²) in [6.45, 7) is 1.79. The maximum atomic E-state index is 12.2. The number of carbonyl (C=O) groups is 1. The van der Waals surface area contributed by atoms with E-state index < -0.39 is 6.10 Å². The molecule has 2 N–H and O–H groups in total. The summed E-state index contributed by atoms with van der Waals surface area (Å²) in [5, 5.41) is 13.3. The molecule has 0 aliphatic carbocycles. The fourth-order valence-electron chi connectivity index (χ4n) is 2.00. The fourth-order valence-corrected chi connectivity index (χ4v) is 2.57. The second kappa shape index (κ2) is 6.98. The van der Waals surface area contributed by atoms with Gasteiger partial charge in [-0.3, -0.25) is 4.79 Å². The minimum absolute atomic E-state index is 0.236. The number of nitrogens with one attached hydrogen (secondary N) is 1. The number of amides is 1. The Bertz CT molecular complexity index is 593. The van der Waals surface area contributed by atoms with Crippen LogP contribution in [-0.4, -0.2) is 17.1 Å². The molecule has 112 valence electrons. The predicted molar refractivity (Wildman–Crippen MR) is 81.7 cm³/mol. The zero-order chi connectivity index (χ0) is 15.4. The first kappa shape index (κ1) is 15.9. The third-order valence-corrected chi connectivity index (χ3v) is 3.65. The zero-order valence-corrected chi connectivity index (χ0v) is 12.9. The van der Waals surface area contributed by atoms with E-state index in [9.17, 15) is 9.90 Å². The SMILES string of the molecule is CC(CC(O)c1ccco1)NC(=O)c1c(Cl)cccc1Cl. The highest BCUT2D eigenvalue weighted by atomic mass is 35.5. The first-order valence-corrected chi connectivity index (χ1v) is 7.21. The molecule has 2 atom stereocenters. The number of furan rings is 1. The van der Waals surface area contributed by atoms with Crippen molar-refractivity contribution in [1.82, 2.24) is 5.32 Å². The molecule has 0 radical (unpaired) electrons. The normalized spacial score (nSPS) is 13.7. The molecule has 0 aliphatic heterocycles. The lowest BCUT2D eigenvalue weighted by Crippen LogP contribution is -2.34. The molecule has 0 saturated carbocycles. The summed E-state index contributed by atoms with van der Waals surface area (Å²) in [6.07, 6.45) is 1.03. The van der Waals surface area contributed by atoms with Gasteiger partial charge in [-0.25, -0.2) is 0 Å². The second-order valence-electron chi connectivity index (χ2n) is 4.74. The van der Waals surface area contributed by atoms with Crippen molar-refractivity contribution in [1.29, 1.82) is 0 Å². The highest BCUT2D eigenvalue weighted by Gasteiger charge is 2.19. The molecule has 0 aliphatic rings. The van der Waals surface area contributed by atoms with Crippen molar-refractivity contribution in [3.05, 3.63) is 58.0 Å². The summed E-state index contributed by atoms with van der Waals surface area (Å²) < 4.78 is 5.12. The van der Waals surface area contributed by atoms with E-state index in [0.717, 1.165) is 0 Å². The average molecular weight is 328 g/mol. The quantitative estimate of drug-likeness (QED) is 0.877. The van der Waals surface area contributed by atoms with Gasteiger partial charge < -0.3 is 14.8 Å². The van der Waals surface area contributed by atoms with Gasteiger partial charge >= 0.3 is 0 Å². The largest absolute Gasteiger partial charge is 0.467 e. The Morgan fingerprint density at radius 2 is 1.95 bits per heavy atom. The van der Waals surface area contributed by atoms with E-state index in [-0.39, 0.29) is 17.5 Å². The maximum Gasteiger partial charge on any atom is 0.254 e. The third kappa shape index (κ3) is 4.00. The molecular formula is C15H15Cl2NO3. The second-order valence-corrected chi connectivity index (χ2v) is 5.55. The molecule has 0 spiro atoms. The first-order chi connectivity index (χ1) is 9.99. The molecule has 1 heterocycles. The predicted octanol–water partition coefficient (Wildman–Crippen LogP) is 3.83. The van der Waals surface area contributed by atoms with Gasteiger partial charge in [0.2, 0.25) is 0 Å². The Balaban J connectivity index is 1.99. The third-order valence-electron chi connectivity index (χ3n) is 3.02. The lowest BCUT2D eigenvalue weighted by atomic mass is 10.1. The van der Waals surface area contributed by atoms with Crippen molar-refractivity contribution in [2.75, 3.05) is 0 Å². The van der Waals surface area contributed by atoms with Crippen LogP contribution in [0, 0.1) is 0 Å². The standard InChI is InChI=1S/C15H15Cl2NO3/c1-9(8-12(19)13-6-3-7-21-13)18-15(20)14-10(16)4-2-5-11(14)17/h2-7,9,12,19H,8H2,1H3,(H,18,20). The molecule has 2 aromatic rings. The Morgan fingerprint density at radius 1 is 1.29 bits per heavy atom. The van der Waals surface area contributed by atoms with E-state index >= 15 is 0 Å². The minimum atomic E-state index is -0.781. The van der Waals surface area contributed by atoms with Crippen LogP contribution in [0.1, 0.15) is 35.6 Å². The monoisotopic (exact) mass is 327 g/mol. The summed E-state index contributed by atoms with van der Waals surface area (Å²) in [4.78, 5) is 12.2. The summed E-state index contributed by atoms with van der Waals surface area (Å²) in [5.41, 5.74) is 0.236. The van der Waals surface area contributed by atoms with Crippen molar-refractivity contribution in [2.45, 2.75) is 25.5 Å². The van der Waals surface area contributed by atoms with Gasteiger partial charge in [-0.1, -0.05) is 29.3 Å². The van der Waals surface area contributed by atoms with Crippen LogP contribution in [0.3, 0.4) is 0 Å². The van der Waals surface area contributed by atoms with Crippen molar-refractivity contribution in [2.24, 2.45) is 0 Å². The number of aliphatic hydroxyl groups excluding tert-OH is 1. The van der Waals surface area contributed by atoms with Crippen LogP contribution in [0.5, 0.6) is 0 Å². The van der Waals surface area contributed by atoms with Crippen LogP contribution in [-0.2, 0) is 0 Å². The van der Waals surface area contributed by atoms with Crippen LogP contribution in [0.25, 0.3) is 0 Å². The molecular weight excluding hydrogens is 313 g/mol. The van der Waals surface area contributed by atoms with Crippen molar-refractivity contribution < 1.29 is 14.3 Å².